The Bertz CT molecular complexity index is 1010. The van der Waals surface area contributed by atoms with Crippen molar-refractivity contribution in [2.24, 2.45) is 0 Å². The number of hydrogen-bond acceptors (Lipinski definition) is 6. The normalized spacial score (nSPS) is 16.6. The van der Waals surface area contributed by atoms with Crippen molar-refractivity contribution in [1.82, 2.24) is 14.6 Å². The highest BCUT2D eigenvalue weighted by molar-refractivity contribution is 8.00. The van der Waals surface area contributed by atoms with Crippen LogP contribution in [0.5, 0.6) is 0 Å². The second kappa shape index (κ2) is 8.81. The van der Waals surface area contributed by atoms with E-state index in [0.717, 1.165) is 73.5 Å². The van der Waals surface area contributed by atoms with Crippen LogP contribution in [0.4, 0.5) is 5.69 Å². The third-order valence-electron chi connectivity index (χ3n) is 5.85. The number of carbonyl (C=O) groups excluding carboxylic acids is 1. The lowest BCUT2D eigenvalue weighted by Crippen LogP contribution is -2.54. The summed E-state index contributed by atoms with van der Waals surface area (Å²) in [6.07, 6.45) is 2.83. The molecule has 0 unspecified atom stereocenters. The quantitative estimate of drug-likeness (QED) is 0.581. The van der Waals surface area contributed by atoms with Gasteiger partial charge in [0.25, 0.3) is 0 Å². The maximum atomic E-state index is 12.9. The number of nitrogens with zero attached hydrogens (tertiary/aromatic N) is 4. The van der Waals surface area contributed by atoms with E-state index < -0.39 is 0 Å². The van der Waals surface area contributed by atoms with Crippen molar-refractivity contribution in [1.29, 1.82) is 0 Å². The standard InChI is InChI=1S/C22H29N5O2S/c1-15-7-8-16(2)18(13-15)23-20(28)14-30-21-17-5-4-6-19(17)27(22(29)24-21)26-11-9-25(3)10-12-26/h7-8,13H,4-6,9-12,14H2,1-3H3,(H,23,28). The molecule has 8 heteroatoms. The molecule has 1 amide bonds. The first-order valence-corrected chi connectivity index (χ1v) is 11.5. The van der Waals surface area contributed by atoms with Gasteiger partial charge in [0.15, 0.2) is 0 Å². The fourth-order valence-electron chi connectivity index (χ4n) is 4.11. The molecule has 1 N–H and O–H groups in total. The second-order valence-electron chi connectivity index (χ2n) is 8.20. The number of hydrogen-bond donors (Lipinski definition) is 1. The van der Waals surface area contributed by atoms with Gasteiger partial charge < -0.3 is 15.2 Å². The molecule has 4 rings (SSSR count). The summed E-state index contributed by atoms with van der Waals surface area (Å²) in [5, 5.41) is 5.83. The van der Waals surface area contributed by atoms with Crippen molar-refractivity contribution in [3.63, 3.8) is 0 Å². The Labute approximate surface area is 181 Å². The summed E-state index contributed by atoms with van der Waals surface area (Å²) in [6, 6.07) is 6.01. The van der Waals surface area contributed by atoms with Crippen molar-refractivity contribution >= 4 is 23.4 Å². The molecule has 0 atom stereocenters. The van der Waals surface area contributed by atoms with Gasteiger partial charge in [0, 0.05) is 37.4 Å². The third-order valence-corrected chi connectivity index (χ3v) is 6.87. The van der Waals surface area contributed by atoms with Crippen LogP contribution >= 0.6 is 11.8 Å². The predicted octanol–water partition coefficient (Wildman–Crippen LogP) is 1.96. The van der Waals surface area contributed by atoms with Crippen molar-refractivity contribution < 1.29 is 4.79 Å². The van der Waals surface area contributed by atoms with Gasteiger partial charge in [-0.05, 0) is 57.4 Å². The summed E-state index contributed by atoms with van der Waals surface area (Å²) in [4.78, 5) is 32.1. The number of carbonyl (C=O) groups is 1. The maximum Gasteiger partial charge on any atom is 0.367 e. The highest BCUT2D eigenvalue weighted by Crippen LogP contribution is 2.29. The van der Waals surface area contributed by atoms with Crippen molar-refractivity contribution in [3.05, 3.63) is 51.1 Å². The van der Waals surface area contributed by atoms with Gasteiger partial charge in [-0.1, -0.05) is 23.9 Å². The summed E-state index contributed by atoms with van der Waals surface area (Å²) in [5.41, 5.74) is 4.97. The molecule has 2 aromatic rings. The van der Waals surface area contributed by atoms with Crippen LogP contribution in [-0.4, -0.2) is 59.4 Å². The van der Waals surface area contributed by atoms with E-state index in [0.29, 0.717) is 5.03 Å². The van der Waals surface area contributed by atoms with Crippen LogP contribution in [-0.2, 0) is 17.6 Å². The molecule has 1 aliphatic carbocycles. The molecule has 7 nitrogen and oxygen atoms in total. The topological polar surface area (TPSA) is 70.5 Å². The summed E-state index contributed by atoms with van der Waals surface area (Å²) in [5.74, 6) is 0.163. The smallest absolute Gasteiger partial charge is 0.325 e. The molecule has 1 aliphatic heterocycles. The molecule has 0 radical (unpaired) electrons. The fourth-order valence-corrected chi connectivity index (χ4v) is 4.98. The zero-order chi connectivity index (χ0) is 21.3. The summed E-state index contributed by atoms with van der Waals surface area (Å²) in [7, 11) is 2.10. The van der Waals surface area contributed by atoms with Gasteiger partial charge in [0.05, 0.1) is 11.4 Å². The molecule has 1 fully saturated rings. The molecule has 0 spiro atoms. The Morgan fingerprint density at radius 3 is 2.70 bits per heavy atom. The summed E-state index contributed by atoms with van der Waals surface area (Å²) >= 11 is 1.37. The molecular weight excluding hydrogens is 398 g/mol. The maximum absolute atomic E-state index is 12.9. The molecule has 0 bridgehead atoms. The molecule has 0 saturated carbocycles. The molecule has 1 saturated heterocycles. The SMILES string of the molecule is Cc1ccc(C)c(NC(=O)CSc2nc(=O)n(N3CCN(C)CC3)c3c2CCC3)c1. The lowest BCUT2D eigenvalue weighted by Gasteiger charge is -2.35. The van der Waals surface area contributed by atoms with Gasteiger partial charge in [0.1, 0.15) is 5.03 Å². The van der Waals surface area contributed by atoms with Gasteiger partial charge in [-0.3, -0.25) is 4.79 Å². The first kappa shape index (κ1) is 20.9. The number of amides is 1. The van der Waals surface area contributed by atoms with Crippen LogP contribution < -0.4 is 16.0 Å². The Hall–Kier alpha value is -2.32. The zero-order valence-corrected chi connectivity index (χ0v) is 18.7. The highest BCUT2D eigenvalue weighted by Gasteiger charge is 2.26. The monoisotopic (exact) mass is 427 g/mol. The van der Waals surface area contributed by atoms with E-state index in [4.69, 9.17) is 0 Å². The number of aryl methyl sites for hydroxylation is 2. The van der Waals surface area contributed by atoms with E-state index in [1.165, 1.54) is 11.8 Å². The molecular formula is C22H29N5O2S. The molecule has 30 heavy (non-hydrogen) atoms. The van der Waals surface area contributed by atoms with Crippen LogP contribution in [0.25, 0.3) is 0 Å². The molecule has 2 aliphatic rings. The lowest BCUT2D eigenvalue weighted by molar-refractivity contribution is -0.113. The fraction of sp³-hybridized carbons (Fsp3) is 0.500. The van der Waals surface area contributed by atoms with Gasteiger partial charge in [-0.25, -0.2) is 9.47 Å². The van der Waals surface area contributed by atoms with Crippen LogP contribution in [0, 0.1) is 13.8 Å². The van der Waals surface area contributed by atoms with Crippen molar-refractivity contribution in [2.45, 2.75) is 38.1 Å². The Morgan fingerprint density at radius 2 is 1.93 bits per heavy atom. The molecule has 1 aromatic carbocycles. The minimum absolute atomic E-state index is 0.0782. The Balaban J connectivity index is 1.49. The number of piperazine rings is 1. The minimum Gasteiger partial charge on any atom is -0.325 e. The number of aromatic nitrogens is 2. The summed E-state index contributed by atoms with van der Waals surface area (Å²) in [6.45, 7) is 7.53. The number of benzene rings is 1. The minimum atomic E-state index is -0.224. The van der Waals surface area contributed by atoms with Crippen LogP contribution in [0.2, 0.25) is 0 Å². The van der Waals surface area contributed by atoms with E-state index in [1.54, 1.807) is 4.68 Å². The predicted molar refractivity (Wildman–Crippen MR) is 121 cm³/mol. The second-order valence-corrected chi connectivity index (χ2v) is 9.17. The summed E-state index contributed by atoms with van der Waals surface area (Å²) < 4.78 is 1.80. The molecule has 1 aromatic heterocycles. The number of anilines is 1. The van der Waals surface area contributed by atoms with Gasteiger partial charge in [0.2, 0.25) is 5.91 Å². The van der Waals surface area contributed by atoms with Gasteiger partial charge >= 0.3 is 5.69 Å². The average molecular weight is 428 g/mol. The Kier molecular flexibility index (Phi) is 6.15. The van der Waals surface area contributed by atoms with E-state index >= 15 is 0 Å². The largest absolute Gasteiger partial charge is 0.367 e. The van der Waals surface area contributed by atoms with Gasteiger partial charge in [-0.15, -0.1) is 0 Å². The molecule has 160 valence electrons. The van der Waals surface area contributed by atoms with Gasteiger partial charge in [-0.2, -0.15) is 4.98 Å². The Morgan fingerprint density at radius 1 is 1.17 bits per heavy atom. The first-order valence-electron chi connectivity index (χ1n) is 10.5. The van der Waals surface area contributed by atoms with E-state index in [-0.39, 0.29) is 17.3 Å². The lowest BCUT2D eigenvalue weighted by atomic mass is 10.1. The average Bonchev–Trinajstić information content (AvgIpc) is 3.19. The highest BCUT2D eigenvalue weighted by atomic mass is 32.2. The van der Waals surface area contributed by atoms with Crippen molar-refractivity contribution in [3.8, 4) is 0 Å². The van der Waals surface area contributed by atoms with Crippen LogP contribution in [0.15, 0.2) is 28.0 Å². The number of likely N-dealkylation sites (N-methyl/N-ethyl adjacent to an activating group) is 1. The van der Waals surface area contributed by atoms with E-state index in [1.807, 2.05) is 32.0 Å². The van der Waals surface area contributed by atoms with E-state index in [9.17, 15) is 9.59 Å². The number of thioether (sulfide) groups is 1. The number of rotatable bonds is 5. The third kappa shape index (κ3) is 4.39. The number of fused-ring (bicyclic) bond motifs is 1. The van der Waals surface area contributed by atoms with Crippen molar-refractivity contribution in [2.75, 3.05) is 49.3 Å². The number of nitrogens with one attached hydrogen (secondary N) is 1. The van der Waals surface area contributed by atoms with E-state index in [2.05, 4.69) is 27.3 Å². The van der Waals surface area contributed by atoms with Crippen LogP contribution in [0.3, 0.4) is 0 Å². The van der Waals surface area contributed by atoms with Crippen LogP contribution in [0.1, 0.15) is 28.8 Å². The molecule has 2 heterocycles. The first-order chi connectivity index (χ1) is 14.4. The zero-order valence-electron chi connectivity index (χ0n) is 17.9.